The Labute approximate surface area is 150 Å². The third kappa shape index (κ3) is 5.98. The minimum absolute atomic E-state index is 0.197. The molecule has 1 amide bonds. The molecule has 5 N–H and O–H groups in total. The lowest BCUT2D eigenvalue weighted by molar-refractivity contribution is 0.139. The van der Waals surface area contributed by atoms with Crippen molar-refractivity contribution in [1.82, 2.24) is 5.32 Å². The molecule has 0 atom stereocenters. The van der Waals surface area contributed by atoms with Gasteiger partial charge < -0.3 is 15.8 Å². The number of nitriles is 1. The SMILES string of the molecule is N#C/C(=N\Nc1ccc(CNC(=O)OCc2ccccc2)cc1)C(=N)N. The molecule has 0 heterocycles. The van der Waals surface area contributed by atoms with Crippen LogP contribution in [-0.4, -0.2) is 17.6 Å². The van der Waals surface area contributed by atoms with E-state index in [9.17, 15) is 4.79 Å². The number of benzene rings is 2. The fourth-order valence-corrected chi connectivity index (χ4v) is 1.91. The van der Waals surface area contributed by atoms with Crippen LogP contribution in [0.2, 0.25) is 0 Å². The standard InChI is InChI=1S/C18H18N6O2/c19-10-16(17(20)21)24-23-15-8-6-13(7-9-15)11-22-18(25)26-12-14-4-2-1-3-5-14/h1-9,23H,11-12H2,(H3,20,21)(H,22,25)/b24-16+. The summed E-state index contributed by atoms with van der Waals surface area (Å²) in [6, 6.07) is 18.2. The highest BCUT2D eigenvalue weighted by molar-refractivity contribution is 6.45. The predicted molar refractivity (Wildman–Crippen MR) is 98.5 cm³/mol. The zero-order chi connectivity index (χ0) is 18.8. The Morgan fingerprint density at radius 2 is 1.85 bits per heavy atom. The first kappa shape index (κ1) is 18.5. The largest absolute Gasteiger partial charge is 0.445 e. The Kier molecular flexibility index (Phi) is 6.71. The van der Waals surface area contributed by atoms with Gasteiger partial charge in [-0.1, -0.05) is 42.5 Å². The maximum Gasteiger partial charge on any atom is 0.407 e. The van der Waals surface area contributed by atoms with E-state index in [4.69, 9.17) is 21.1 Å². The summed E-state index contributed by atoms with van der Waals surface area (Å²) in [5, 5.41) is 22.3. The van der Waals surface area contributed by atoms with Crippen molar-refractivity contribution in [3.63, 3.8) is 0 Å². The third-order valence-electron chi connectivity index (χ3n) is 3.26. The van der Waals surface area contributed by atoms with Gasteiger partial charge in [0.2, 0.25) is 5.71 Å². The number of ether oxygens (including phenoxy) is 1. The second-order valence-electron chi connectivity index (χ2n) is 5.21. The van der Waals surface area contributed by atoms with Gasteiger partial charge in [0.1, 0.15) is 12.7 Å². The van der Waals surface area contributed by atoms with Crippen LogP contribution in [0.5, 0.6) is 0 Å². The van der Waals surface area contributed by atoms with E-state index in [1.807, 2.05) is 30.3 Å². The first-order chi connectivity index (χ1) is 12.6. The Bertz CT molecular complexity index is 825. The molecule has 8 nitrogen and oxygen atoms in total. The van der Waals surface area contributed by atoms with Crippen molar-refractivity contribution in [3.05, 3.63) is 65.7 Å². The fraction of sp³-hybridized carbons (Fsp3) is 0.111. The normalized spacial score (nSPS) is 10.5. The number of hydrogen-bond acceptors (Lipinski definition) is 6. The quantitative estimate of drug-likeness (QED) is 0.345. The highest BCUT2D eigenvalue weighted by Crippen LogP contribution is 2.09. The van der Waals surface area contributed by atoms with Gasteiger partial charge in [0, 0.05) is 6.54 Å². The van der Waals surface area contributed by atoms with Crippen LogP contribution in [0.4, 0.5) is 10.5 Å². The van der Waals surface area contributed by atoms with Gasteiger partial charge in [0.25, 0.3) is 0 Å². The maximum absolute atomic E-state index is 11.7. The topological polar surface area (TPSA) is 136 Å². The second-order valence-corrected chi connectivity index (χ2v) is 5.21. The van der Waals surface area contributed by atoms with Gasteiger partial charge >= 0.3 is 6.09 Å². The molecule has 0 saturated heterocycles. The third-order valence-corrected chi connectivity index (χ3v) is 3.26. The van der Waals surface area contributed by atoms with Gasteiger partial charge in [0.05, 0.1) is 5.69 Å². The molecular weight excluding hydrogens is 332 g/mol. The van der Waals surface area contributed by atoms with Crippen molar-refractivity contribution in [2.45, 2.75) is 13.2 Å². The lowest BCUT2D eigenvalue weighted by Gasteiger charge is -2.08. The molecule has 2 aromatic rings. The van der Waals surface area contributed by atoms with Crippen LogP contribution in [0.25, 0.3) is 0 Å². The maximum atomic E-state index is 11.7. The number of nitrogens with zero attached hydrogens (tertiary/aromatic N) is 2. The first-order valence-corrected chi connectivity index (χ1v) is 7.70. The van der Waals surface area contributed by atoms with E-state index in [0.29, 0.717) is 12.2 Å². The summed E-state index contributed by atoms with van der Waals surface area (Å²) < 4.78 is 5.13. The average molecular weight is 350 g/mol. The minimum Gasteiger partial charge on any atom is -0.445 e. The summed E-state index contributed by atoms with van der Waals surface area (Å²) in [6.45, 7) is 0.527. The molecule has 0 spiro atoms. The highest BCUT2D eigenvalue weighted by Gasteiger charge is 2.03. The molecule has 0 aliphatic carbocycles. The summed E-state index contributed by atoms with van der Waals surface area (Å²) >= 11 is 0. The van der Waals surface area contributed by atoms with Crippen LogP contribution in [-0.2, 0) is 17.9 Å². The predicted octanol–water partition coefficient (Wildman–Crippen LogP) is 2.34. The molecule has 0 aliphatic heterocycles. The zero-order valence-electron chi connectivity index (χ0n) is 13.9. The summed E-state index contributed by atoms with van der Waals surface area (Å²) in [7, 11) is 0. The minimum atomic E-state index is -0.499. The summed E-state index contributed by atoms with van der Waals surface area (Å²) in [5.41, 5.74) is 10.0. The molecule has 0 aromatic heterocycles. The zero-order valence-corrected chi connectivity index (χ0v) is 13.9. The van der Waals surface area contributed by atoms with E-state index in [1.54, 1.807) is 30.3 Å². The van der Waals surface area contributed by atoms with E-state index in [1.165, 1.54) is 0 Å². The molecule has 0 radical (unpaired) electrons. The monoisotopic (exact) mass is 350 g/mol. The van der Waals surface area contributed by atoms with E-state index in [-0.39, 0.29) is 12.3 Å². The number of anilines is 1. The number of carbonyl (C=O) groups excluding carboxylic acids is 1. The molecule has 0 bridgehead atoms. The molecule has 0 aliphatic rings. The van der Waals surface area contributed by atoms with Gasteiger partial charge in [-0.25, -0.2) is 4.79 Å². The van der Waals surface area contributed by atoms with Gasteiger partial charge in [-0.2, -0.15) is 10.4 Å². The summed E-state index contributed by atoms with van der Waals surface area (Å²) in [4.78, 5) is 11.7. The highest BCUT2D eigenvalue weighted by atomic mass is 16.5. The number of nitrogens with one attached hydrogen (secondary N) is 3. The van der Waals surface area contributed by atoms with Crippen molar-refractivity contribution in [2.75, 3.05) is 5.43 Å². The molecule has 2 aromatic carbocycles. The first-order valence-electron chi connectivity index (χ1n) is 7.70. The van der Waals surface area contributed by atoms with Crippen molar-refractivity contribution in [1.29, 1.82) is 10.7 Å². The van der Waals surface area contributed by atoms with Crippen LogP contribution in [0, 0.1) is 16.7 Å². The average Bonchev–Trinajstić information content (AvgIpc) is 2.66. The van der Waals surface area contributed by atoms with E-state index in [0.717, 1.165) is 11.1 Å². The Hall–Kier alpha value is -3.86. The summed E-state index contributed by atoms with van der Waals surface area (Å²) in [6.07, 6.45) is -0.499. The van der Waals surface area contributed by atoms with Gasteiger partial charge in [0.15, 0.2) is 5.84 Å². The van der Waals surface area contributed by atoms with Crippen LogP contribution in [0.1, 0.15) is 11.1 Å². The Morgan fingerprint density at radius 1 is 1.15 bits per heavy atom. The summed E-state index contributed by atoms with van der Waals surface area (Å²) in [5.74, 6) is -0.408. The number of amides is 1. The van der Waals surface area contributed by atoms with Crippen molar-refractivity contribution >= 4 is 23.3 Å². The molecule has 2 rings (SSSR count). The Morgan fingerprint density at radius 3 is 2.46 bits per heavy atom. The van der Waals surface area contributed by atoms with E-state index >= 15 is 0 Å². The number of nitrogens with two attached hydrogens (primary N) is 1. The molecule has 26 heavy (non-hydrogen) atoms. The number of alkyl carbamates (subject to hydrolysis) is 1. The molecule has 0 fully saturated rings. The van der Waals surface area contributed by atoms with Gasteiger partial charge in [-0.05, 0) is 23.3 Å². The number of hydrogen-bond donors (Lipinski definition) is 4. The van der Waals surface area contributed by atoms with Crippen molar-refractivity contribution in [2.24, 2.45) is 10.8 Å². The van der Waals surface area contributed by atoms with Crippen LogP contribution < -0.4 is 16.5 Å². The number of carbonyl (C=O) groups is 1. The van der Waals surface area contributed by atoms with E-state index in [2.05, 4.69) is 15.8 Å². The lowest BCUT2D eigenvalue weighted by Crippen LogP contribution is -2.23. The molecule has 8 heteroatoms. The molecular formula is C18H18N6O2. The Balaban J connectivity index is 1.79. The molecule has 132 valence electrons. The fourth-order valence-electron chi connectivity index (χ4n) is 1.91. The van der Waals surface area contributed by atoms with Crippen molar-refractivity contribution in [3.8, 4) is 6.07 Å². The number of hydrazone groups is 1. The van der Waals surface area contributed by atoms with Gasteiger partial charge in [-0.3, -0.25) is 10.8 Å². The molecule has 0 unspecified atom stereocenters. The van der Waals surface area contributed by atoms with Crippen LogP contribution >= 0.6 is 0 Å². The van der Waals surface area contributed by atoms with E-state index < -0.39 is 11.9 Å². The van der Waals surface area contributed by atoms with Crippen LogP contribution in [0.15, 0.2) is 59.7 Å². The molecule has 0 saturated carbocycles. The second kappa shape index (κ2) is 9.44. The van der Waals surface area contributed by atoms with Crippen LogP contribution in [0.3, 0.4) is 0 Å². The lowest BCUT2D eigenvalue weighted by atomic mass is 10.2. The number of rotatable bonds is 7. The van der Waals surface area contributed by atoms with Crippen molar-refractivity contribution < 1.29 is 9.53 Å². The number of amidine groups is 1. The smallest absolute Gasteiger partial charge is 0.407 e. The van der Waals surface area contributed by atoms with Gasteiger partial charge in [-0.15, -0.1) is 0 Å².